The van der Waals surface area contributed by atoms with Crippen LogP contribution in [0, 0.1) is 11.8 Å². The van der Waals surface area contributed by atoms with Gasteiger partial charge in [0.2, 0.25) is 0 Å². The molecule has 104 valence electrons. The second-order valence-electron chi connectivity index (χ2n) is 4.90. The van der Waals surface area contributed by atoms with E-state index in [2.05, 4.69) is 18.7 Å². The van der Waals surface area contributed by atoms with Crippen molar-refractivity contribution in [2.75, 3.05) is 12.5 Å². The molecule has 1 aliphatic carbocycles. The summed E-state index contributed by atoms with van der Waals surface area (Å²) >= 11 is 9.35. The summed E-state index contributed by atoms with van der Waals surface area (Å²) in [6, 6.07) is 0. The molecule has 1 fully saturated rings. The van der Waals surface area contributed by atoms with Gasteiger partial charge >= 0.3 is 0 Å². The summed E-state index contributed by atoms with van der Waals surface area (Å²) in [5, 5.41) is 0. The summed E-state index contributed by atoms with van der Waals surface area (Å²) in [4.78, 5) is 28.2. The Morgan fingerprint density at radius 1 is 1.22 bits per heavy atom. The van der Waals surface area contributed by atoms with Gasteiger partial charge < -0.3 is 19.2 Å². The first-order valence-corrected chi connectivity index (χ1v) is 11.6. The lowest BCUT2D eigenvalue weighted by atomic mass is 9.85. The highest BCUT2D eigenvalue weighted by atomic mass is 32.5. The molecule has 4 nitrogen and oxygen atoms in total. The third-order valence-corrected chi connectivity index (χ3v) is 9.11. The van der Waals surface area contributed by atoms with E-state index in [4.69, 9.17) is 34.0 Å². The van der Waals surface area contributed by atoms with Crippen LogP contribution in [0.25, 0.3) is 0 Å². The van der Waals surface area contributed by atoms with Crippen molar-refractivity contribution in [1.29, 1.82) is 0 Å². The van der Waals surface area contributed by atoms with Crippen LogP contribution in [0.15, 0.2) is 0 Å². The van der Waals surface area contributed by atoms with Gasteiger partial charge in [-0.25, -0.2) is 0 Å². The van der Waals surface area contributed by atoms with E-state index in [1.54, 1.807) is 0 Å². The molecule has 0 saturated heterocycles. The second kappa shape index (κ2) is 6.77. The van der Waals surface area contributed by atoms with Gasteiger partial charge in [-0.1, -0.05) is 32.0 Å². The van der Waals surface area contributed by atoms with E-state index in [0.29, 0.717) is 12.5 Å². The zero-order valence-corrected chi connectivity index (χ0v) is 13.7. The molecule has 1 saturated carbocycles. The fraction of sp³-hybridized carbons (Fsp3) is 1.00. The van der Waals surface area contributed by atoms with Crippen molar-refractivity contribution >= 4 is 44.4 Å². The minimum absolute atomic E-state index is 0.182. The van der Waals surface area contributed by atoms with E-state index in [0.717, 1.165) is 19.3 Å². The Morgan fingerprint density at radius 2 is 1.78 bits per heavy atom. The molecule has 2 radical (unpaired) electrons. The Balaban J connectivity index is 2.49. The molecule has 0 amide bonds. The molecular weight excluding hydrogens is 309 g/mol. The van der Waals surface area contributed by atoms with E-state index in [9.17, 15) is 4.89 Å². The molecule has 1 aliphatic rings. The van der Waals surface area contributed by atoms with Crippen molar-refractivity contribution in [3.8, 4) is 0 Å². The van der Waals surface area contributed by atoms with Crippen LogP contribution in [-0.4, -0.2) is 35.0 Å². The predicted molar refractivity (Wildman–Crippen MR) is 82.1 cm³/mol. The maximum Gasteiger partial charge on any atom is 0.195 e. The maximum absolute atomic E-state index is 9.85. The molecule has 4 atom stereocenters. The first-order chi connectivity index (χ1) is 8.13. The molecule has 0 aromatic carbocycles. The number of hydrogen-bond acceptors (Lipinski definition) is 3. The SMILES string of the molecule is [B][C@@H]1C[C@@H](CC)[C@@H](COP(O)(=S)CP(O)(O)=S)C1. The van der Waals surface area contributed by atoms with Gasteiger partial charge in [-0.05, 0) is 35.4 Å². The van der Waals surface area contributed by atoms with E-state index in [1.165, 1.54) is 0 Å². The lowest BCUT2D eigenvalue weighted by Gasteiger charge is -2.23. The van der Waals surface area contributed by atoms with Gasteiger partial charge in [0.25, 0.3) is 0 Å². The van der Waals surface area contributed by atoms with Crippen molar-refractivity contribution in [3.05, 3.63) is 0 Å². The number of rotatable bonds is 6. The molecule has 0 aromatic rings. The highest BCUT2D eigenvalue weighted by molar-refractivity contribution is 8.18. The molecule has 0 aliphatic heterocycles. The minimum atomic E-state index is -3.50. The highest BCUT2D eigenvalue weighted by Gasteiger charge is 2.32. The minimum Gasteiger partial charge on any atom is -0.345 e. The van der Waals surface area contributed by atoms with E-state index in [1.807, 2.05) is 0 Å². The van der Waals surface area contributed by atoms with Gasteiger partial charge in [0, 0.05) is 0 Å². The van der Waals surface area contributed by atoms with Crippen LogP contribution in [0.1, 0.15) is 26.2 Å². The molecule has 1 unspecified atom stereocenters. The summed E-state index contributed by atoms with van der Waals surface area (Å²) in [5.41, 5.74) is 0. The topological polar surface area (TPSA) is 69.9 Å². The monoisotopic (exact) mass is 328 g/mol. The first-order valence-electron chi connectivity index (χ1n) is 5.89. The van der Waals surface area contributed by atoms with Crippen molar-refractivity contribution in [3.63, 3.8) is 0 Å². The smallest absolute Gasteiger partial charge is 0.195 e. The molecule has 0 bridgehead atoms. The third kappa shape index (κ3) is 6.10. The van der Waals surface area contributed by atoms with Crippen LogP contribution in [0.4, 0.5) is 0 Å². The molecule has 3 N–H and O–H groups in total. The Labute approximate surface area is 120 Å². The summed E-state index contributed by atoms with van der Waals surface area (Å²) in [6.07, 6.45) is 2.85. The van der Waals surface area contributed by atoms with E-state index < -0.39 is 13.0 Å². The molecule has 9 heteroatoms. The second-order valence-corrected chi connectivity index (χ2v) is 12.4. The van der Waals surface area contributed by atoms with E-state index >= 15 is 0 Å². The number of hydrogen-bond donors (Lipinski definition) is 3. The Hall–Kier alpha value is 1.20. The van der Waals surface area contributed by atoms with Crippen molar-refractivity contribution in [1.82, 2.24) is 0 Å². The molecular formula is C9H19BO4P2S2. The average Bonchev–Trinajstić information content (AvgIpc) is 2.52. The highest BCUT2D eigenvalue weighted by Crippen LogP contribution is 2.56. The third-order valence-electron chi connectivity index (χ3n) is 3.26. The predicted octanol–water partition coefficient (Wildman–Crippen LogP) is 1.95. The lowest BCUT2D eigenvalue weighted by Crippen LogP contribution is -2.13. The fourth-order valence-corrected chi connectivity index (χ4v) is 8.76. The fourth-order valence-electron chi connectivity index (χ4n) is 2.45. The zero-order chi connectivity index (χ0) is 14.0. The molecule has 0 aromatic heterocycles. The van der Waals surface area contributed by atoms with Gasteiger partial charge in [-0.2, -0.15) is 0 Å². The zero-order valence-electron chi connectivity index (χ0n) is 10.3. The lowest BCUT2D eigenvalue weighted by molar-refractivity contribution is 0.211. The van der Waals surface area contributed by atoms with Crippen LogP contribution in [-0.2, 0) is 28.1 Å². The Kier molecular flexibility index (Phi) is 6.49. The first kappa shape index (κ1) is 17.3. The van der Waals surface area contributed by atoms with Crippen LogP contribution in [0.3, 0.4) is 0 Å². The molecule has 0 heterocycles. The van der Waals surface area contributed by atoms with Gasteiger partial charge in [-0.15, -0.1) is 0 Å². The van der Waals surface area contributed by atoms with Gasteiger partial charge in [-0.3, -0.25) is 0 Å². The van der Waals surface area contributed by atoms with Crippen LogP contribution in [0.2, 0.25) is 5.82 Å². The Morgan fingerprint density at radius 3 is 2.28 bits per heavy atom. The van der Waals surface area contributed by atoms with Crippen molar-refractivity contribution in [2.45, 2.75) is 32.0 Å². The normalized spacial score (nSPS) is 32.3. The summed E-state index contributed by atoms with van der Waals surface area (Å²) in [7, 11) is 5.91. The molecule has 1 rings (SSSR count). The van der Waals surface area contributed by atoms with Crippen LogP contribution >= 0.6 is 13.0 Å². The van der Waals surface area contributed by atoms with Crippen LogP contribution < -0.4 is 0 Å². The quantitative estimate of drug-likeness (QED) is 0.511. The van der Waals surface area contributed by atoms with Gasteiger partial charge in [0.1, 0.15) is 0 Å². The van der Waals surface area contributed by atoms with Gasteiger partial charge in [0.15, 0.2) is 13.0 Å². The van der Waals surface area contributed by atoms with Gasteiger partial charge in [0.05, 0.1) is 20.4 Å². The summed E-state index contributed by atoms with van der Waals surface area (Å²) in [5.74, 6) is 0.567. The summed E-state index contributed by atoms with van der Waals surface area (Å²) in [6.45, 7) is -4.26. The van der Waals surface area contributed by atoms with E-state index in [-0.39, 0.29) is 17.6 Å². The molecule has 18 heavy (non-hydrogen) atoms. The van der Waals surface area contributed by atoms with Crippen molar-refractivity contribution < 1.29 is 19.2 Å². The van der Waals surface area contributed by atoms with Crippen LogP contribution in [0.5, 0.6) is 0 Å². The Bertz CT molecular complexity index is 376. The average molecular weight is 328 g/mol. The maximum atomic E-state index is 9.85. The molecule has 0 spiro atoms. The summed E-state index contributed by atoms with van der Waals surface area (Å²) < 4.78 is 5.34. The van der Waals surface area contributed by atoms with Crippen molar-refractivity contribution in [2.24, 2.45) is 11.8 Å². The standard InChI is InChI=1S/C9H19BO4P2S2/c1-2-7-3-9(10)4-8(7)5-14-16(13,18)6-15(11,12)17/h7-9H,2-6H2,1H3,(H,13,18)(H2,11,12,17)/t7-,8-,9-,16?/m1/s1. The largest absolute Gasteiger partial charge is 0.345 e.